The van der Waals surface area contributed by atoms with E-state index in [2.05, 4.69) is 27.1 Å². The second kappa shape index (κ2) is 15.2. The van der Waals surface area contributed by atoms with Crippen LogP contribution in [0.5, 0.6) is 0 Å². The first-order valence-corrected chi connectivity index (χ1v) is 16.9. The SMILES string of the molecule is O=P([O-])(O)OC1C(OP(=O)([O-])O)C(OP(=O)([O-])O)C(OP(=O)([O-])O)C(OP(=O)([O-])O)C1OP(=O)([O-])O.[Bi+3].[La+3]. The Bertz CT molecular complexity index is 831. The Balaban J connectivity index is 0. The molecule has 0 amide bonds. The molecule has 24 nitrogen and oxygen atoms in total. The third-order valence-corrected chi connectivity index (χ3v) is 6.53. The van der Waals surface area contributed by atoms with Crippen LogP contribution < -0.4 is 29.4 Å². The number of hydrogen-bond donors (Lipinski definition) is 6. The molecule has 6 atom stereocenters. The van der Waals surface area contributed by atoms with E-state index in [0.29, 0.717) is 0 Å². The average Bonchev–Trinajstić information content (AvgIpc) is 2.51. The number of rotatable bonds is 12. The number of phosphoric acid groups is 6. The predicted octanol–water partition coefficient (Wildman–Crippen LogP) is -7.31. The van der Waals surface area contributed by atoms with E-state index in [1.165, 1.54) is 0 Å². The Morgan fingerprint density at radius 1 is 0.368 bits per heavy atom. The fourth-order valence-corrected chi connectivity index (χ4v) is 6.05. The maximum atomic E-state index is 11.3. The van der Waals surface area contributed by atoms with Crippen LogP contribution in [0, 0.1) is 35.6 Å². The third-order valence-electron chi connectivity index (χ3n) is 3.47. The van der Waals surface area contributed by atoms with E-state index < -0.39 is 83.6 Å². The zero-order valence-corrected chi connectivity index (χ0v) is 29.7. The second-order valence-corrected chi connectivity index (χ2v) is 13.1. The molecule has 1 aliphatic carbocycles. The van der Waals surface area contributed by atoms with Crippen LogP contribution in [0.4, 0.5) is 0 Å². The van der Waals surface area contributed by atoms with Crippen molar-refractivity contribution in [1.82, 2.24) is 0 Å². The molecule has 2 radical (unpaired) electrons. The Kier molecular flexibility index (Phi) is 17.1. The molecular formula is C6H12BiLaO24P6. The van der Waals surface area contributed by atoms with Crippen LogP contribution in [0.3, 0.4) is 0 Å². The van der Waals surface area contributed by atoms with Crippen molar-refractivity contribution in [2.75, 3.05) is 0 Å². The second-order valence-electron chi connectivity index (χ2n) is 6.23. The summed E-state index contributed by atoms with van der Waals surface area (Å²) in [6, 6.07) is 0. The maximum absolute atomic E-state index is 11.3. The molecule has 6 unspecified atom stereocenters. The molecule has 1 aliphatic rings. The predicted molar refractivity (Wildman–Crippen MR) is 93.9 cm³/mol. The third kappa shape index (κ3) is 17.1. The molecule has 0 heterocycles. The van der Waals surface area contributed by atoms with E-state index in [-0.39, 0.29) is 61.8 Å². The van der Waals surface area contributed by atoms with Crippen LogP contribution in [0.15, 0.2) is 0 Å². The summed E-state index contributed by atoms with van der Waals surface area (Å²) in [5.74, 6) is 0. The van der Waals surface area contributed by atoms with Gasteiger partial charge in [0, 0.05) is 0 Å². The summed E-state index contributed by atoms with van der Waals surface area (Å²) in [5, 5.41) is 0. The molecular weight excluding hydrogens is 990 g/mol. The van der Waals surface area contributed by atoms with Crippen LogP contribution in [0.25, 0.3) is 0 Å². The van der Waals surface area contributed by atoms with Gasteiger partial charge in [-0.1, -0.05) is 0 Å². The summed E-state index contributed by atoms with van der Waals surface area (Å²) in [7, 11) is -38.1. The Hall–Kier alpha value is 2.74. The molecule has 6 N–H and O–H groups in total. The molecule has 0 bridgehead atoms. The Morgan fingerprint density at radius 3 is 0.500 bits per heavy atom. The standard InChI is InChI=1S/C6H18O24P6.Bi.La/c7-31(8,9)25-1-2(26-32(10,11)12)4(28-34(16,17)18)6(30-36(22,23)24)5(29-35(19,20)21)3(1)27-33(13,14)15;;/h1-6H,(H2,7,8,9)(H2,10,11,12)(H2,13,14,15)(H2,16,17,18)(H2,19,20,21)(H2,22,23,24);;/q;2*+3/p-6. The van der Waals surface area contributed by atoms with Crippen molar-refractivity contribution in [3.8, 4) is 0 Å². The molecule has 32 heteroatoms. The molecule has 0 aromatic carbocycles. The van der Waals surface area contributed by atoms with Gasteiger partial charge in [0.1, 0.15) is 36.6 Å². The summed E-state index contributed by atoms with van der Waals surface area (Å²) in [6.07, 6.45) is -20.2. The van der Waals surface area contributed by atoms with E-state index >= 15 is 0 Å². The summed E-state index contributed by atoms with van der Waals surface area (Å²) in [6.45, 7) is 0. The van der Waals surface area contributed by atoms with Gasteiger partial charge in [0.25, 0.3) is 46.9 Å². The number of hydrogen-bond acceptors (Lipinski definition) is 18. The first kappa shape index (κ1) is 42.9. The molecule has 0 spiro atoms. The van der Waals surface area contributed by atoms with E-state index in [4.69, 9.17) is 29.4 Å². The van der Waals surface area contributed by atoms with Gasteiger partial charge >= 0.3 is 61.8 Å². The fourth-order valence-electron chi connectivity index (χ4n) is 2.76. The van der Waals surface area contributed by atoms with Crippen molar-refractivity contribution in [2.24, 2.45) is 0 Å². The van der Waals surface area contributed by atoms with Gasteiger partial charge in [-0.05, 0) is 0 Å². The number of phosphoric ester groups is 6. The van der Waals surface area contributed by atoms with Gasteiger partial charge in [-0.15, -0.1) is 0 Å². The Labute approximate surface area is 256 Å². The van der Waals surface area contributed by atoms with Gasteiger partial charge in [-0.2, -0.15) is 0 Å². The van der Waals surface area contributed by atoms with E-state index in [1.54, 1.807) is 0 Å². The minimum atomic E-state index is -6.35. The summed E-state index contributed by atoms with van der Waals surface area (Å²) >= 11 is 0. The summed E-state index contributed by atoms with van der Waals surface area (Å²) in [4.78, 5) is 121. The smallest absolute Gasteiger partial charge is 0.756 e. The van der Waals surface area contributed by atoms with E-state index in [0.717, 1.165) is 0 Å². The maximum Gasteiger partial charge on any atom is 3.00 e. The fraction of sp³-hybridized carbons (Fsp3) is 1.00. The first-order valence-electron chi connectivity index (χ1n) is 7.90. The average molecular weight is 1000 g/mol. The molecule has 0 aromatic rings. The molecule has 0 aromatic heterocycles. The van der Waals surface area contributed by atoms with E-state index in [1.807, 2.05) is 0 Å². The van der Waals surface area contributed by atoms with Gasteiger partial charge < -0.3 is 85.9 Å². The topological polar surface area (TPSA) is 418 Å². The first-order chi connectivity index (χ1) is 15.6. The van der Waals surface area contributed by atoms with Crippen molar-refractivity contribution >= 4 is 73.1 Å². The van der Waals surface area contributed by atoms with Gasteiger partial charge in [0.15, 0.2) is 0 Å². The van der Waals surface area contributed by atoms with E-state index in [9.17, 15) is 56.8 Å². The van der Waals surface area contributed by atoms with Gasteiger partial charge in [-0.25, -0.2) is 0 Å². The van der Waals surface area contributed by atoms with Crippen molar-refractivity contribution in [2.45, 2.75) is 36.6 Å². The van der Waals surface area contributed by atoms with Crippen LogP contribution in [-0.2, 0) is 54.5 Å². The van der Waals surface area contributed by atoms with Crippen molar-refractivity contribution in [3.63, 3.8) is 0 Å². The molecule has 38 heavy (non-hydrogen) atoms. The minimum absolute atomic E-state index is 0. The van der Waals surface area contributed by atoms with Gasteiger partial charge in [0.05, 0.1) is 0 Å². The van der Waals surface area contributed by atoms with Crippen LogP contribution in [0.2, 0.25) is 0 Å². The normalized spacial score (nSPS) is 35.4. The zero-order chi connectivity index (χ0) is 28.7. The summed E-state index contributed by atoms with van der Waals surface area (Å²) < 4.78 is 90.7. The van der Waals surface area contributed by atoms with Gasteiger partial charge in [-0.3, -0.25) is 27.4 Å². The summed E-state index contributed by atoms with van der Waals surface area (Å²) in [5.41, 5.74) is 0. The molecule has 1 saturated carbocycles. The molecule has 1 fully saturated rings. The minimum Gasteiger partial charge on any atom is -0.756 e. The molecule has 218 valence electrons. The molecule has 0 saturated heterocycles. The van der Waals surface area contributed by atoms with Crippen LogP contribution in [-0.4, -0.2) is 92.2 Å². The zero-order valence-electron chi connectivity index (χ0n) is 17.2. The van der Waals surface area contributed by atoms with Crippen molar-refractivity contribution < 1.29 is 149 Å². The van der Waals surface area contributed by atoms with Crippen molar-refractivity contribution in [1.29, 1.82) is 0 Å². The molecule has 0 aliphatic heterocycles. The Morgan fingerprint density at radius 2 is 0.447 bits per heavy atom. The van der Waals surface area contributed by atoms with Crippen LogP contribution in [0.1, 0.15) is 0 Å². The van der Waals surface area contributed by atoms with Gasteiger partial charge in [0.2, 0.25) is 0 Å². The van der Waals surface area contributed by atoms with Crippen molar-refractivity contribution in [3.05, 3.63) is 0 Å². The monoisotopic (exact) mass is 1000 g/mol. The quantitative estimate of drug-likeness (QED) is 0.0781. The van der Waals surface area contributed by atoms with Crippen LogP contribution >= 0.6 is 46.9 Å². The largest absolute Gasteiger partial charge is 3.00 e. The molecule has 1 rings (SSSR count).